The summed E-state index contributed by atoms with van der Waals surface area (Å²) in [6, 6.07) is 0. The van der Waals surface area contributed by atoms with E-state index < -0.39 is 0 Å². The van der Waals surface area contributed by atoms with Gasteiger partial charge in [-0.25, -0.2) is 0 Å². The Morgan fingerprint density at radius 3 is 0.690 bits per heavy atom. The maximum absolute atomic E-state index is 4.94. The average molecular weight is 1310 g/mol. The van der Waals surface area contributed by atoms with E-state index in [0.717, 1.165) is 13.2 Å². The summed E-state index contributed by atoms with van der Waals surface area (Å²) < 4.78 is 4.94. The Labute approximate surface area is 485 Å². The van der Waals surface area contributed by atoms with E-state index in [2.05, 4.69) is 37.2 Å². The average Bonchev–Trinajstić information content (AvgIpc) is 2.23. The van der Waals surface area contributed by atoms with Crippen LogP contribution in [-0.4, -0.2) is 59.3 Å². The number of rotatable bonds is 0. The first kappa shape index (κ1) is 190. The molecule has 0 aliphatic carbocycles. The summed E-state index contributed by atoms with van der Waals surface area (Å²) >= 11 is 4.24. The van der Waals surface area contributed by atoms with Crippen molar-refractivity contribution in [3.8, 4) is 0 Å². The second-order valence-corrected chi connectivity index (χ2v) is 1.32. The molecule has 0 aromatic carbocycles. The summed E-state index contributed by atoms with van der Waals surface area (Å²) in [6.07, 6.45) is 2.56. The molecule has 1 heterocycles. The minimum atomic E-state index is 0. The van der Waals surface area contributed by atoms with Crippen molar-refractivity contribution in [1.29, 1.82) is 0 Å². The second kappa shape index (κ2) is 196. The Bertz CT molecular complexity index is 105. The van der Waals surface area contributed by atoms with Crippen molar-refractivity contribution in [2.24, 2.45) is 0 Å². The van der Waals surface area contributed by atoms with Crippen molar-refractivity contribution >= 4 is 282 Å². The van der Waals surface area contributed by atoms with Gasteiger partial charge in [-0.2, -0.15) is 108 Å². The minimum Gasteiger partial charge on any atom is -1.00 e. The number of hydrogen-bond donors (Lipinski definition) is 0. The Kier molecular flexibility index (Phi) is 1290. The third-order valence-electron chi connectivity index (χ3n) is 0.827. The van der Waals surface area contributed by atoms with Gasteiger partial charge in [-0.15, -0.1) is 90.6 Å². The van der Waals surface area contributed by atoms with Crippen LogP contribution < -0.4 is 24.0 Å². The first-order valence-electron chi connectivity index (χ1n) is 2.22. The van der Waals surface area contributed by atoms with Crippen molar-refractivity contribution in [1.82, 2.24) is 0 Å². The van der Waals surface area contributed by atoms with E-state index in [1.165, 1.54) is 12.8 Å². The van der Waals surface area contributed by atoms with Gasteiger partial charge in [-0.05, 0) is 12.8 Å². The maximum Gasteiger partial charge on any atom is 2.00 e. The van der Waals surface area contributed by atoms with E-state index >= 15 is 0 Å². The molecule has 210 valence electrons. The van der Waals surface area contributed by atoms with Gasteiger partial charge in [0.2, 0.25) is 0 Å². The molecule has 0 saturated carbocycles. The second-order valence-electron chi connectivity index (χ2n) is 1.32. The Hall–Kier alpha value is 13.9. The van der Waals surface area contributed by atoms with E-state index in [0.29, 0.717) is 0 Å². The third-order valence-corrected chi connectivity index (χ3v) is 0.827. The molecule has 0 radical (unpaired) electrons. The van der Waals surface area contributed by atoms with E-state index in [4.69, 9.17) is 4.74 Å². The van der Waals surface area contributed by atoms with Crippen LogP contribution in [0, 0.1) is 151 Å². The maximum atomic E-state index is 4.94. The largest absolute Gasteiger partial charge is 2.00 e. The van der Waals surface area contributed by atoms with Crippen molar-refractivity contribution in [3.63, 3.8) is 0 Å². The molecule has 0 amide bonds. The molecule has 24 heteroatoms. The van der Waals surface area contributed by atoms with Gasteiger partial charge >= 0.3 is 46.1 Å². The van der Waals surface area contributed by atoms with Gasteiger partial charge in [0.25, 0.3) is 0 Å². The van der Waals surface area contributed by atoms with Crippen LogP contribution in [0.2, 0.25) is 0 Å². The zero-order valence-corrected chi connectivity index (χ0v) is 41.1. The molecule has 0 spiro atoms. The van der Waals surface area contributed by atoms with E-state index in [1.54, 1.807) is 0 Å². The molecular weight excluding hydrogens is 1270 g/mol. The fourth-order valence-electron chi connectivity index (χ4n) is 0.510. The molecule has 1 aliphatic heterocycles. The quantitative estimate of drug-likeness (QED) is 0.267. The predicted octanol–water partition coefficient (Wildman–Crippen LogP) is 3.57. The predicted molar refractivity (Wildman–Crippen MR) is 207 cm³/mol. The van der Waals surface area contributed by atoms with Gasteiger partial charge in [-0.1, -0.05) is 7.43 Å². The van der Waals surface area contributed by atoms with Crippen LogP contribution in [0.1, 0.15) is 24.5 Å². The standard InChI is InChI=1S/C4H8O.CH4.4Ar.BrH.4ClH.I2.2HI.2Mg.8H2S.3H/c1-2-4-5-3-1;;;;;;;;;;;1-2;;;;;;;;;;;;;;;/h1-4H2;1H4;;;;;5*1H;;2*1H;;;8*1H2;;;/q;;;;;;;;;;;;;;2*+2;;;;;;;;;3*-1/p-1. The van der Waals surface area contributed by atoms with Crippen LogP contribution in [0.4, 0.5) is 0 Å². The van der Waals surface area contributed by atoms with E-state index in [9.17, 15) is 0 Å². The van der Waals surface area contributed by atoms with Gasteiger partial charge < -0.3 is 33.0 Å². The first-order chi connectivity index (χ1) is 3.50. The summed E-state index contributed by atoms with van der Waals surface area (Å²) in [6.45, 7) is 2.00. The minimum absolute atomic E-state index is 0. The van der Waals surface area contributed by atoms with Crippen LogP contribution in [-0.2, 0) is 4.74 Å². The van der Waals surface area contributed by atoms with Gasteiger partial charge in [0.15, 0.2) is 0 Å². The van der Waals surface area contributed by atoms with Crippen LogP contribution in [0.25, 0.3) is 0 Å². The summed E-state index contributed by atoms with van der Waals surface area (Å²) in [5.41, 5.74) is 0. The van der Waals surface area contributed by atoms with Crippen molar-refractivity contribution in [2.75, 3.05) is 13.2 Å². The molecule has 0 aromatic rings. The zero-order chi connectivity index (χ0) is 5.54. The van der Waals surface area contributed by atoms with Gasteiger partial charge in [0.1, 0.15) is 0 Å². The molecule has 1 saturated heterocycles. The van der Waals surface area contributed by atoms with Crippen LogP contribution in [0.15, 0.2) is 0 Å². The van der Waals surface area contributed by atoms with E-state index in [1.807, 2.05) is 0 Å². The zero-order valence-electron chi connectivity index (χ0n) is 16.6. The normalized spacial score (nSPS) is 4.34. The van der Waals surface area contributed by atoms with Crippen LogP contribution in [0.3, 0.4) is 0 Å². The van der Waals surface area contributed by atoms with Gasteiger partial charge in [-0.3, -0.25) is 0 Å². The first-order valence-corrected chi connectivity index (χ1v) is 8.51. The van der Waals surface area contributed by atoms with Gasteiger partial charge in [0.05, 0.1) is 0 Å². The molecule has 0 N–H and O–H groups in total. The van der Waals surface area contributed by atoms with E-state index in [-0.39, 0.29) is 431 Å². The van der Waals surface area contributed by atoms with Crippen LogP contribution in [0.5, 0.6) is 0 Å². The monoisotopic (exact) mass is 1300 g/mol. The summed E-state index contributed by atoms with van der Waals surface area (Å²) in [7, 11) is 0. The smallest absolute Gasteiger partial charge is 1.00 e. The molecular formula is C5H37Ar4BrCl4I4Mg2OS8. The molecule has 1 rings (SSSR count). The molecule has 0 unspecified atom stereocenters. The third kappa shape index (κ3) is 187. The summed E-state index contributed by atoms with van der Waals surface area (Å²) in [5.74, 6) is 0. The molecule has 1 aliphatic rings. The Balaban J connectivity index is -0.000000000546. The molecule has 0 bridgehead atoms. The van der Waals surface area contributed by atoms with Crippen LogP contribution >= 0.6 is 236 Å². The molecule has 1 nitrogen and oxygen atoms in total. The van der Waals surface area contributed by atoms with Crippen molar-refractivity contribution in [3.05, 3.63) is 0 Å². The van der Waals surface area contributed by atoms with Crippen molar-refractivity contribution in [2.45, 2.75) is 20.3 Å². The molecule has 1 fully saturated rings. The SMILES string of the molecule is Br.C.C1CCOC1.Cl.Cl.Cl.Cl.I.II.S.S.S.S.S.S.S.S.[Ar].[Ar].[Ar].[Ar].[H-].[H-].[H-].[I-].[Mg+2].[Mg+2]. The van der Waals surface area contributed by atoms with Gasteiger partial charge in [0, 0.05) is 201 Å². The Morgan fingerprint density at radius 1 is 0.552 bits per heavy atom. The number of halogens is 9. The Morgan fingerprint density at radius 2 is 0.655 bits per heavy atom. The topological polar surface area (TPSA) is 9.23 Å². The molecule has 0 aromatic heterocycles. The molecule has 29 heavy (non-hydrogen) atoms. The number of hydrogen-bond acceptors (Lipinski definition) is 1. The molecule has 0 atom stereocenters. The fourth-order valence-corrected chi connectivity index (χ4v) is 0.510. The summed E-state index contributed by atoms with van der Waals surface area (Å²) in [4.78, 5) is 0. The number of ether oxygens (including phenoxy) is 1. The van der Waals surface area contributed by atoms with Crippen molar-refractivity contribution < 1.29 is 184 Å². The summed E-state index contributed by atoms with van der Waals surface area (Å²) in [5, 5.41) is 0. The fraction of sp³-hybridized carbons (Fsp3) is 1.00.